The number of H-pyrrole nitrogens is 1. The van der Waals surface area contributed by atoms with E-state index in [0.717, 1.165) is 63.7 Å². The van der Waals surface area contributed by atoms with Crippen LogP contribution in [0.2, 0.25) is 0 Å². The van der Waals surface area contributed by atoms with Crippen LogP contribution in [0.1, 0.15) is 103 Å². The number of aryl methyl sites for hydroxylation is 2. The van der Waals surface area contributed by atoms with Gasteiger partial charge in [0.25, 0.3) is 0 Å². The maximum absolute atomic E-state index is 8.12. The summed E-state index contributed by atoms with van der Waals surface area (Å²) in [5, 5.41) is 11.5. The van der Waals surface area contributed by atoms with Gasteiger partial charge in [-0.15, -0.1) is 5.10 Å². The molecule has 2 saturated carbocycles. The number of nitrogens with one attached hydrogen (secondary N) is 1. The molecule has 3 aliphatic rings. The first-order valence-corrected chi connectivity index (χ1v) is 14.2. The van der Waals surface area contributed by atoms with E-state index in [0.29, 0.717) is 10.8 Å². The zero-order valence-corrected chi connectivity index (χ0v) is 24.3. The van der Waals surface area contributed by atoms with Crippen LogP contribution in [0.15, 0.2) is 12.4 Å². The third kappa shape index (κ3) is 11.5. The van der Waals surface area contributed by atoms with Crippen LogP contribution in [0.5, 0.6) is 11.8 Å². The smallest absolute Gasteiger partial charge is 0.373 e. The van der Waals surface area contributed by atoms with E-state index in [1.165, 1.54) is 49.7 Å². The normalized spacial score (nSPS) is 19.1. The van der Waals surface area contributed by atoms with Gasteiger partial charge in [-0.05, 0) is 81.5 Å². The number of carbonyl (C=O) groups excluding carboxylic acids is 4. The Bertz CT molecular complexity index is 1060. The molecule has 40 heavy (non-hydrogen) atoms. The molecular formula is C29H44N4O7. The Hall–Kier alpha value is -3.26. The van der Waals surface area contributed by atoms with E-state index in [1.807, 2.05) is 10.9 Å². The molecule has 1 atom stereocenters. The van der Waals surface area contributed by atoms with E-state index in [9.17, 15) is 0 Å². The number of ether oxygens (including phenoxy) is 3. The zero-order chi connectivity index (χ0) is 29.4. The number of hydrogen-bond acceptors (Lipinski definition) is 9. The molecular weight excluding hydrogens is 516 g/mol. The van der Waals surface area contributed by atoms with Crippen LogP contribution in [0.25, 0.3) is 0 Å². The van der Waals surface area contributed by atoms with Crippen molar-refractivity contribution in [2.24, 2.45) is 10.8 Å². The van der Waals surface area contributed by atoms with Crippen LogP contribution in [0, 0.1) is 10.8 Å². The second-order valence-electron chi connectivity index (χ2n) is 11.2. The van der Waals surface area contributed by atoms with Crippen molar-refractivity contribution < 1.29 is 33.4 Å². The second-order valence-corrected chi connectivity index (χ2v) is 11.2. The number of aromatic amines is 1. The van der Waals surface area contributed by atoms with Gasteiger partial charge in [-0.2, -0.15) is 24.3 Å². The lowest BCUT2D eigenvalue weighted by atomic mass is 10.1. The molecule has 0 bridgehead atoms. The molecule has 1 saturated heterocycles. The Morgan fingerprint density at radius 3 is 2.02 bits per heavy atom. The molecule has 0 radical (unpaired) electrons. The van der Waals surface area contributed by atoms with Gasteiger partial charge in [0.2, 0.25) is 11.8 Å². The van der Waals surface area contributed by atoms with Crippen molar-refractivity contribution >= 4 is 12.3 Å². The molecule has 11 heteroatoms. The number of hydrogen-bond donors (Lipinski definition) is 1. The Morgan fingerprint density at radius 2 is 1.52 bits per heavy atom. The molecule has 2 aliphatic carbocycles. The molecule has 3 heterocycles. The summed E-state index contributed by atoms with van der Waals surface area (Å²) in [5.74, 6) is 1.67. The van der Waals surface area contributed by atoms with Crippen molar-refractivity contribution in [2.45, 2.75) is 105 Å². The van der Waals surface area contributed by atoms with E-state index < -0.39 is 0 Å². The minimum Gasteiger partial charge on any atom is -0.478 e. The summed E-state index contributed by atoms with van der Waals surface area (Å²) >= 11 is 0. The van der Waals surface area contributed by atoms with Gasteiger partial charge in [0, 0.05) is 23.9 Å². The van der Waals surface area contributed by atoms with Crippen molar-refractivity contribution in [3.05, 3.63) is 23.5 Å². The van der Waals surface area contributed by atoms with Crippen molar-refractivity contribution in [1.82, 2.24) is 20.0 Å². The Morgan fingerprint density at radius 1 is 0.950 bits per heavy atom. The van der Waals surface area contributed by atoms with Gasteiger partial charge in [-0.3, -0.25) is 0 Å². The van der Waals surface area contributed by atoms with Crippen LogP contribution in [0.4, 0.5) is 0 Å². The molecule has 0 aromatic carbocycles. The largest absolute Gasteiger partial charge is 0.478 e. The highest BCUT2D eigenvalue weighted by atomic mass is 16.5. The third-order valence-corrected chi connectivity index (χ3v) is 7.76. The summed E-state index contributed by atoms with van der Waals surface area (Å²) in [7, 11) is 0. The molecule has 5 rings (SSSR count). The van der Waals surface area contributed by atoms with Gasteiger partial charge >= 0.3 is 12.3 Å². The minimum atomic E-state index is 0.104. The zero-order valence-electron chi connectivity index (χ0n) is 24.3. The quantitative estimate of drug-likeness (QED) is 0.397. The first kappa shape index (κ1) is 32.9. The van der Waals surface area contributed by atoms with Crippen molar-refractivity contribution in [3.8, 4) is 11.8 Å². The Labute approximate surface area is 236 Å². The molecule has 11 nitrogen and oxygen atoms in total. The van der Waals surface area contributed by atoms with E-state index in [2.05, 4.69) is 49.2 Å². The number of nitrogens with zero attached hydrogens (tertiary/aromatic N) is 3. The summed E-state index contributed by atoms with van der Waals surface area (Å²) in [5.41, 5.74) is 3.49. The number of aromatic nitrogens is 4. The lowest BCUT2D eigenvalue weighted by molar-refractivity contribution is -0.193. The summed E-state index contributed by atoms with van der Waals surface area (Å²) < 4.78 is 19.3. The predicted molar refractivity (Wildman–Crippen MR) is 143 cm³/mol. The maximum Gasteiger partial charge on any atom is 0.373 e. The van der Waals surface area contributed by atoms with Crippen LogP contribution in [-0.2, 0) is 36.8 Å². The molecule has 222 valence electrons. The van der Waals surface area contributed by atoms with Gasteiger partial charge in [-0.1, -0.05) is 27.7 Å². The summed E-state index contributed by atoms with van der Waals surface area (Å²) in [6, 6.07) is 0. The summed E-state index contributed by atoms with van der Waals surface area (Å²) in [6.07, 6.45) is 17.7. The number of rotatable bonds is 11. The molecule has 3 fully saturated rings. The molecule has 2 aromatic heterocycles. The monoisotopic (exact) mass is 560 g/mol. The summed E-state index contributed by atoms with van der Waals surface area (Å²) in [6.45, 7) is 11.4. The highest BCUT2D eigenvalue weighted by Crippen LogP contribution is 2.48. The fraction of sp³-hybridized carbons (Fsp3) is 0.724. The van der Waals surface area contributed by atoms with E-state index >= 15 is 0 Å². The van der Waals surface area contributed by atoms with Crippen LogP contribution in [0.3, 0.4) is 0 Å². The van der Waals surface area contributed by atoms with Crippen LogP contribution in [-0.4, -0.2) is 52.1 Å². The fourth-order valence-corrected chi connectivity index (χ4v) is 4.25. The highest BCUT2D eigenvalue weighted by molar-refractivity contribution is 5.23. The maximum atomic E-state index is 8.12. The van der Waals surface area contributed by atoms with Gasteiger partial charge < -0.3 is 14.2 Å². The Balaban J connectivity index is 0.000000244. The standard InChI is InChI=1S/C16H26N2O2.C11H18N2O.2CO2/c1-3-13-12-18(14-6-4-5-10-19-14)17-15(13)20-11-9-16(2)7-8-16;1-3-9-8-12-13-10(9)14-7-6-11(2)4-5-11;2*2-1-3/h12,14H,3-11H2,1-2H3;8H,3-7H2,1-2H3,(H,12,13);;. The lowest BCUT2D eigenvalue weighted by Crippen LogP contribution is -2.18. The highest BCUT2D eigenvalue weighted by Gasteiger charge is 2.37. The average Bonchev–Trinajstić information content (AvgIpc) is 3.74. The summed E-state index contributed by atoms with van der Waals surface area (Å²) in [4.78, 5) is 32.5. The van der Waals surface area contributed by atoms with Gasteiger partial charge in [0.1, 0.15) is 6.23 Å². The van der Waals surface area contributed by atoms with Gasteiger partial charge in [0.05, 0.1) is 19.4 Å². The molecule has 1 aliphatic heterocycles. The van der Waals surface area contributed by atoms with Crippen LogP contribution >= 0.6 is 0 Å². The van der Waals surface area contributed by atoms with Gasteiger partial charge in [-0.25, -0.2) is 9.78 Å². The minimum absolute atomic E-state index is 0.104. The molecule has 2 aromatic rings. The molecule has 1 unspecified atom stereocenters. The molecule has 0 spiro atoms. The van der Waals surface area contributed by atoms with Crippen molar-refractivity contribution in [1.29, 1.82) is 0 Å². The second kappa shape index (κ2) is 16.8. The average molecular weight is 561 g/mol. The van der Waals surface area contributed by atoms with E-state index in [4.69, 9.17) is 33.4 Å². The topological polar surface area (TPSA) is 142 Å². The fourth-order valence-electron chi connectivity index (χ4n) is 4.25. The first-order valence-electron chi connectivity index (χ1n) is 14.2. The molecule has 1 N–H and O–H groups in total. The SMILES string of the molecule is CCc1cn(C2CCCCO2)nc1OCCC1(C)CC1.CCc1cn[nH]c1OCCC1(C)CC1.O=C=O.O=C=O. The van der Waals surface area contributed by atoms with Gasteiger partial charge in [0.15, 0.2) is 0 Å². The third-order valence-electron chi connectivity index (χ3n) is 7.76. The molecule has 0 amide bonds. The van der Waals surface area contributed by atoms with E-state index in [-0.39, 0.29) is 18.5 Å². The van der Waals surface area contributed by atoms with E-state index in [1.54, 1.807) is 0 Å². The van der Waals surface area contributed by atoms with Crippen LogP contribution < -0.4 is 9.47 Å². The van der Waals surface area contributed by atoms with Crippen molar-refractivity contribution in [2.75, 3.05) is 19.8 Å². The predicted octanol–water partition coefficient (Wildman–Crippen LogP) is 5.09. The Kier molecular flexibility index (Phi) is 13.8. The van der Waals surface area contributed by atoms with Crippen molar-refractivity contribution in [3.63, 3.8) is 0 Å². The first-order chi connectivity index (χ1) is 19.3. The lowest BCUT2D eigenvalue weighted by Gasteiger charge is -2.22.